The van der Waals surface area contributed by atoms with Crippen LogP contribution in [0.25, 0.3) is 0 Å². The monoisotopic (exact) mass is 431 g/mol. The Hall–Kier alpha value is -2.91. The maximum atomic E-state index is 12.2. The molecule has 1 atom stereocenters. The minimum atomic E-state index is -3.71. The van der Waals surface area contributed by atoms with Gasteiger partial charge in [0.15, 0.2) is 6.61 Å². The van der Waals surface area contributed by atoms with Crippen molar-refractivity contribution in [2.24, 2.45) is 5.10 Å². The molecule has 1 aliphatic rings. The summed E-state index contributed by atoms with van der Waals surface area (Å²) >= 11 is 0. The molecule has 8 nitrogen and oxygen atoms in total. The highest BCUT2D eigenvalue weighted by atomic mass is 32.2. The predicted molar refractivity (Wildman–Crippen MR) is 113 cm³/mol. The Kier molecular flexibility index (Phi) is 7.42. The first-order valence-corrected chi connectivity index (χ1v) is 11.1. The number of aryl methyl sites for hydroxylation is 1. The van der Waals surface area contributed by atoms with Gasteiger partial charge >= 0.3 is 0 Å². The molecule has 2 N–H and O–H groups in total. The molecule has 0 spiro atoms. The molecule has 0 saturated carbocycles. The summed E-state index contributed by atoms with van der Waals surface area (Å²) in [5.41, 5.74) is 1.65. The Balaban J connectivity index is 1.44. The minimum absolute atomic E-state index is 0.0868. The van der Waals surface area contributed by atoms with Crippen molar-refractivity contribution in [2.45, 2.75) is 30.8 Å². The molecule has 0 bridgehead atoms. The highest BCUT2D eigenvalue weighted by molar-refractivity contribution is 7.89. The van der Waals surface area contributed by atoms with Crippen molar-refractivity contribution >= 4 is 22.1 Å². The number of benzene rings is 2. The van der Waals surface area contributed by atoms with E-state index in [1.54, 1.807) is 36.4 Å². The Morgan fingerprint density at radius 2 is 1.93 bits per heavy atom. The van der Waals surface area contributed by atoms with Gasteiger partial charge in [-0.3, -0.25) is 4.79 Å². The van der Waals surface area contributed by atoms with Gasteiger partial charge in [-0.2, -0.15) is 13.5 Å². The van der Waals surface area contributed by atoms with Crippen LogP contribution in [0, 0.1) is 6.92 Å². The van der Waals surface area contributed by atoms with E-state index in [1.165, 1.54) is 18.3 Å². The third-order valence-electron chi connectivity index (χ3n) is 4.52. The lowest BCUT2D eigenvalue weighted by atomic mass is 10.2. The summed E-state index contributed by atoms with van der Waals surface area (Å²) in [4.78, 5) is 14.2. The summed E-state index contributed by atoms with van der Waals surface area (Å²) in [6, 6.07) is 13.3. The molecule has 1 amide bonds. The molecule has 160 valence electrons. The molecule has 2 aromatic carbocycles. The van der Waals surface area contributed by atoms with Gasteiger partial charge < -0.3 is 14.8 Å². The lowest BCUT2D eigenvalue weighted by Crippen LogP contribution is -2.35. The zero-order valence-corrected chi connectivity index (χ0v) is 17.5. The van der Waals surface area contributed by atoms with E-state index >= 15 is 0 Å². The summed E-state index contributed by atoms with van der Waals surface area (Å²) in [6.07, 6.45) is 3.48. The van der Waals surface area contributed by atoms with Gasteiger partial charge in [0.05, 0.1) is 17.2 Å². The van der Waals surface area contributed by atoms with Crippen LogP contribution in [-0.2, 0) is 19.6 Å². The SMILES string of the molecule is Cc1ccc(S(=O)(=O)N/N=C\c2ccc(OCC(=O)NC[C@@H]3CCCO3)cc2)cc1. The Bertz CT molecular complexity index is 967. The van der Waals surface area contributed by atoms with E-state index in [0.29, 0.717) is 17.9 Å². The third-order valence-corrected chi connectivity index (χ3v) is 5.76. The Morgan fingerprint density at radius 1 is 1.20 bits per heavy atom. The first-order chi connectivity index (χ1) is 14.4. The van der Waals surface area contributed by atoms with Crippen molar-refractivity contribution in [3.8, 4) is 5.75 Å². The van der Waals surface area contributed by atoms with E-state index in [-0.39, 0.29) is 23.5 Å². The lowest BCUT2D eigenvalue weighted by Gasteiger charge is -2.11. The van der Waals surface area contributed by atoms with E-state index < -0.39 is 10.0 Å². The zero-order valence-electron chi connectivity index (χ0n) is 16.7. The fourth-order valence-electron chi connectivity index (χ4n) is 2.82. The number of sulfonamides is 1. The Labute approximate surface area is 176 Å². The maximum absolute atomic E-state index is 12.2. The molecule has 1 aliphatic heterocycles. The van der Waals surface area contributed by atoms with E-state index in [9.17, 15) is 13.2 Å². The van der Waals surface area contributed by atoms with Gasteiger partial charge in [0.2, 0.25) is 0 Å². The normalized spacial score (nSPS) is 16.5. The van der Waals surface area contributed by atoms with Crippen molar-refractivity contribution in [3.63, 3.8) is 0 Å². The van der Waals surface area contributed by atoms with Gasteiger partial charge in [-0.25, -0.2) is 4.83 Å². The quantitative estimate of drug-likeness (QED) is 0.467. The van der Waals surface area contributed by atoms with Crippen LogP contribution in [0.5, 0.6) is 5.75 Å². The Morgan fingerprint density at radius 3 is 2.60 bits per heavy atom. The molecule has 1 saturated heterocycles. The van der Waals surface area contributed by atoms with Crippen LogP contribution in [0.15, 0.2) is 58.5 Å². The zero-order chi connectivity index (χ0) is 21.4. The van der Waals surface area contributed by atoms with Crippen LogP contribution in [0.4, 0.5) is 0 Å². The summed E-state index contributed by atoms with van der Waals surface area (Å²) in [6.45, 7) is 3.04. The maximum Gasteiger partial charge on any atom is 0.276 e. The molecule has 0 radical (unpaired) electrons. The number of nitrogens with one attached hydrogen (secondary N) is 2. The van der Waals surface area contributed by atoms with E-state index in [0.717, 1.165) is 25.0 Å². The van der Waals surface area contributed by atoms with Crippen molar-refractivity contribution in [2.75, 3.05) is 19.8 Å². The topological polar surface area (TPSA) is 106 Å². The number of hydrogen-bond donors (Lipinski definition) is 2. The summed E-state index contributed by atoms with van der Waals surface area (Å²) in [5, 5.41) is 6.59. The lowest BCUT2D eigenvalue weighted by molar-refractivity contribution is -0.123. The molecule has 2 aromatic rings. The second-order valence-electron chi connectivity index (χ2n) is 6.96. The van der Waals surface area contributed by atoms with Crippen LogP contribution in [0.2, 0.25) is 0 Å². The number of rotatable bonds is 9. The number of ether oxygens (including phenoxy) is 2. The summed E-state index contributed by atoms with van der Waals surface area (Å²) in [7, 11) is -3.71. The third kappa shape index (κ3) is 6.57. The predicted octanol–water partition coefficient (Wildman–Crippen LogP) is 1.98. The molecular formula is C21H25N3O5S. The van der Waals surface area contributed by atoms with Gasteiger partial charge in [-0.1, -0.05) is 17.7 Å². The molecule has 1 heterocycles. The van der Waals surface area contributed by atoms with E-state index in [2.05, 4.69) is 15.2 Å². The average Bonchev–Trinajstić information content (AvgIpc) is 3.25. The smallest absolute Gasteiger partial charge is 0.276 e. The first-order valence-electron chi connectivity index (χ1n) is 9.65. The number of carbonyl (C=O) groups excluding carboxylic acids is 1. The standard InChI is InChI=1S/C21H25N3O5S/c1-16-4-10-20(11-5-16)30(26,27)24-23-13-17-6-8-18(9-7-17)29-15-21(25)22-14-19-3-2-12-28-19/h4-11,13,19,24H,2-3,12,14-15H2,1H3,(H,22,25)/b23-13-/t19-/m0/s1. The van der Waals surface area contributed by atoms with E-state index in [1.807, 2.05) is 6.92 Å². The molecular weight excluding hydrogens is 406 g/mol. The van der Waals surface area contributed by atoms with Crippen LogP contribution in [-0.4, -0.2) is 46.4 Å². The van der Waals surface area contributed by atoms with Gasteiger partial charge in [0.25, 0.3) is 15.9 Å². The van der Waals surface area contributed by atoms with Crippen LogP contribution < -0.4 is 14.9 Å². The second kappa shape index (κ2) is 10.2. The average molecular weight is 432 g/mol. The molecule has 1 fully saturated rings. The molecule has 0 aromatic heterocycles. The van der Waals surface area contributed by atoms with Gasteiger partial charge in [0, 0.05) is 13.2 Å². The van der Waals surface area contributed by atoms with Gasteiger partial charge in [-0.15, -0.1) is 0 Å². The van der Waals surface area contributed by atoms with Gasteiger partial charge in [-0.05, 0) is 61.7 Å². The molecule has 3 rings (SSSR count). The number of nitrogens with zero attached hydrogens (tertiary/aromatic N) is 1. The molecule has 0 unspecified atom stereocenters. The second-order valence-corrected chi connectivity index (χ2v) is 8.62. The van der Waals surface area contributed by atoms with Crippen molar-refractivity contribution < 1.29 is 22.7 Å². The van der Waals surface area contributed by atoms with Crippen LogP contribution in [0.3, 0.4) is 0 Å². The summed E-state index contributed by atoms with van der Waals surface area (Å²) < 4.78 is 35.3. The fourth-order valence-corrected chi connectivity index (χ4v) is 3.61. The number of amides is 1. The molecule has 30 heavy (non-hydrogen) atoms. The molecule has 0 aliphatic carbocycles. The molecule has 9 heteroatoms. The number of hydrogen-bond acceptors (Lipinski definition) is 6. The fraction of sp³-hybridized carbons (Fsp3) is 0.333. The number of hydrazone groups is 1. The summed E-state index contributed by atoms with van der Waals surface area (Å²) in [5.74, 6) is 0.321. The van der Waals surface area contributed by atoms with Crippen LogP contribution >= 0.6 is 0 Å². The first kappa shape index (κ1) is 21.8. The van der Waals surface area contributed by atoms with Crippen molar-refractivity contribution in [3.05, 3.63) is 59.7 Å². The van der Waals surface area contributed by atoms with Crippen LogP contribution in [0.1, 0.15) is 24.0 Å². The van der Waals surface area contributed by atoms with Crippen molar-refractivity contribution in [1.82, 2.24) is 10.1 Å². The van der Waals surface area contributed by atoms with E-state index in [4.69, 9.17) is 9.47 Å². The largest absolute Gasteiger partial charge is 0.484 e. The highest BCUT2D eigenvalue weighted by Crippen LogP contribution is 2.13. The van der Waals surface area contributed by atoms with Gasteiger partial charge in [0.1, 0.15) is 5.75 Å². The number of carbonyl (C=O) groups is 1. The minimum Gasteiger partial charge on any atom is -0.484 e. The highest BCUT2D eigenvalue weighted by Gasteiger charge is 2.16. The van der Waals surface area contributed by atoms with Crippen molar-refractivity contribution in [1.29, 1.82) is 0 Å².